The number of ketones is 1. The number of nitrogens with zero attached hydrogens (tertiary/aromatic N) is 2. The molecule has 2 aromatic rings. The zero-order valence-corrected chi connectivity index (χ0v) is 11.4. The first-order valence-electron chi connectivity index (χ1n) is 5.82. The Balaban J connectivity index is 2.46. The summed E-state index contributed by atoms with van der Waals surface area (Å²) in [5.74, 6) is 1.05. The monoisotopic (exact) mass is 274 g/mol. The van der Waals surface area contributed by atoms with Crippen LogP contribution in [0.25, 0.3) is 0 Å². The van der Waals surface area contributed by atoms with Gasteiger partial charge in [0.15, 0.2) is 0 Å². The van der Waals surface area contributed by atoms with Crippen molar-refractivity contribution in [2.75, 3.05) is 21.3 Å². The Kier molecular flexibility index (Phi) is 4.14. The molecule has 0 bridgehead atoms. The molecule has 1 aromatic heterocycles. The van der Waals surface area contributed by atoms with E-state index >= 15 is 0 Å². The van der Waals surface area contributed by atoms with Crippen LogP contribution in [-0.4, -0.2) is 37.1 Å². The molecule has 0 N–H and O–H groups in total. The molecule has 0 fully saturated rings. The van der Waals surface area contributed by atoms with Gasteiger partial charge in [0.2, 0.25) is 11.7 Å². The molecule has 0 radical (unpaired) electrons. The number of carbonyl (C=O) groups is 1. The predicted molar refractivity (Wildman–Crippen MR) is 71.6 cm³/mol. The second kappa shape index (κ2) is 6.01. The molecule has 0 saturated carbocycles. The van der Waals surface area contributed by atoms with E-state index in [1.165, 1.54) is 33.7 Å². The second-order valence-corrected chi connectivity index (χ2v) is 3.84. The number of benzene rings is 1. The summed E-state index contributed by atoms with van der Waals surface area (Å²) in [5.41, 5.74) is 0.594. The van der Waals surface area contributed by atoms with E-state index in [-0.39, 0.29) is 11.5 Å². The summed E-state index contributed by atoms with van der Waals surface area (Å²) < 4.78 is 15.3. The zero-order chi connectivity index (χ0) is 14.5. The first kappa shape index (κ1) is 13.8. The van der Waals surface area contributed by atoms with Crippen molar-refractivity contribution in [3.63, 3.8) is 0 Å². The molecule has 0 atom stereocenters. The van der Waals surface area contributed by atoms with Crippen molar-refractivity contribution in [2.24, 2.45) is 0 Å². The largest absolute Gasteiger partial charge is 0.497 e. The number of carbonyl (C=O) groups excluding carboxylic acids is 1. The first-order chi connectivity index (χ1) is 9.69. The first-order valence-corrected chi connectivity index (χ1v) is 5.82. The summed E-state index contributed by atoms with van der Waals surface area (Å²) in [7, 11) is 4.51. The van der Waals surface area contributed by atoms with Gasteiger partial charge in [-0.15, -0.1) is 0 Å². The molecule has 2 rings (SSSR count). The number of rotatable bonds is 5. The van der Waals surface area contributed by atoms with Gasteiger partial charge in [0, 0.05) is 6.07 Å². The second-order valence-electron chi connectivity index (χ2n) is 3.84. The Labute approximate surface area is 116 Å². The van der Waals surface area contributed by atoms with Crippen LogP contribution in [0.15, 0.2) is 30.6 Å². The zero-order valence-electron chi connectivity index (χ0n) is 11.4. The molecular weight excluding hydrogens is 260 g/mol. The van der Waals surface area contributed by atoms with Crippen molar-refractivity contribution >= 4 is 5.78 Å². The summed E-state index contributed by atoms with van der Waals surface area (Å²) in [6.45, 7) is 0. The Morgan fingerprint density at radius 2 is 1.80 bits per heavy atom. The van der Waals surface area contributed by atoms with Gasteiger partial charge >= 0.3 is 0 Å². The predicted octanol–water partition coefficient (Wildman–Crippen LogP) is 1.73. The fourth-order valence-electron chi connectivity index (χ4n) is 1.70. The smallest absolute Gasteiger partial charge is 0.216 e. The van der Waals surface area contributed by atoms with Gasteiger partial charge in [-0.25, -0.2) is 9.97 Å². The normalized spacial score (nSPS) is 9.95. The number of hydrogen-bond acceptors (Lipinski definition) is 6. The van der Waals surface area contributed by atoms with Gasteiger partial charge in [0.1, 0.15) is 23.5 Å². The van der Waals surface area contributed by atoms with Crippen molar-refractivity contribution in [3.05, 3.63) is 41.9 Å². The minimum absolute atomic E-state index is 0.225. The highest BCUT2D eigenvalue weighted by Crippen LogP contribution is 2.26. The molecule has 0 spiro atoms. The van der Waals surface area contributed by atoms with Gasteiger partial charge < -0.3 is 14.2 Å². The number of methoxy groups -OCH3 is 3. The Morgan fingerprint density at radius 3 is 2.45 bits per heavy atom. The third kappa shape index (κ3) is 2.69. The maximum Gasteiger partial charge on any atom is 0.216 e. The van der Waals surface area contributed by atoms with Crippen LogP contribution in [0.2, 0.25) is 0 Å². The highest BCUT2D eigenvalue weighted by atomic mass is 16.5. The Morgan fingerprint density at radius 1 is 1.00 bits per heavy atom. The summed E-state index contributed by atoms with van der Waals surface area (Å²) in [5, 5.41) is 0. The lowest BCUT2D eigenvalue weighted by atomic mass is 10.1. The molecule has 0 saturated heterocycles. The quantitative estimate of drug-likeness (QED) is 0.773. The van der Waals surface area contributed by atoms with Gasteiger partial charge in [-0.05, 0) is 18.2 Å². The van der Waals surface area contributed by atoms with Crippen LogP contribution in [0, 0.1) is 0 Å². The molecule has 0 unspecified atom stereocenters. The van der Waals surface area contributed by atoms with Crippen LogP contribution in [0.1, 0.15) is 16.1 Å². The van der Waals surface area contributed by atoms with Crippen LogP contribution >= 0.6 is 0 Å². The molecule has 0 amide bonds. The molecule has 6 heteroatoms. The number of aromatic nitrogens is 2. The number of ether oxygens (including phenoxy) is 3. The van der Waals surface area contributed by atoms with Crippen molar-refractivity contribution in [1.82, 2.24) is 9.97 Å². The Bertz CT molecular complexity index is 628. The third-order valence-corrected chi connectivity index (χ3v) is 2.74. The average molecular weight is 274 g/mol. The summed E-state index contributed by atoms with van der Waals surface area (Å²) in [4.78, 5) is 20.3. The van der Waals surface area contributed by atoms with Gasteiger partial charge in [0.05, 0.1) is 26.9 Å². The highest BCUT2D eigenvalue weighted by Gasteiger charge is 2.17. The van der Waals surface area contributed by atoms with Crippen LogP contribution in [0.5, 0.6) is 17.4 Å². The molecule has 0 aliphatic rings. The molecule has 1 aromatic carbocycles. The van der Waals surface area contributed by atoms with Crippen LogP contribution < -0.4 is 14.2 Å². The third-order valence-electron chi connectivity index (χ3n) is 2.74. The lowest BCUT2D eigenvalue weighted by Crippen LogP contribution is -2.07. The fourth-order valence-corrected chi connectivity index (χ4v) is 1.70. The molecule has 20 heavy (non-hydrogen) atoms. The summed E-state index contributed by atoms with van der Waals surface area (Å²) in [6, 6.07) is 6.47. The van der Waals surface area contributed by atoms with E-state index in [2.05, 4.69) is 9.97 Å². The summed E-state index contributed by atoms with van der Waals surface area (Å²) in [6.07, 6.45) is 1.28. The lowest BCUT2D eigenvalue weighted by Gasteiger charge is -2.09. The fraction of sp³-hybridized carbons (Fsp3) is 0.214. The Hall–Kier alpha value is -2.63. The minimum atomic E-state index is -0.290. The van der Waals surface area contributed by atoms with E-state index < -0.39 is 0 Å². The van der Waals surface area contributed by atoms with E-state index in [9.17, 15) is 4.79 Å². The minimum Gasteiger partial charge on any atom is -0.497 e. The molecule has 0 aliphatic carbocycles. The van der Waals surface area contributed by atoms with E-state index in [1.54, 1.807) is 18.2 Å². The van der Waals surface area contributed by atoms with Gasteiger partial charge in [-0.3, -0.25) is 4.79 Å². The highest BCUT2D eigenvalue weighted by molar-refractivity contribution is 6.09. The van der Waals surface area contributed by atoms with Crippen molar-refractivity contribution < 1.29 is 19.0 Å². The van der Waals surface area contributed by atoms with Crippen LogP contribution in [-0.2, 0) is 0 Å². The van der Waals surface area contributed by atoms with E-state index in [1.807, 2.05) is 0 Å². The van der Waals surface area contributed by atoms with E-state index in [0.29, 0.717) is 22.9 Å². The van der Waals surface area contributed by atoms with Gasteiger partial charge in [-0.1, -0.05) is 0 Å². The standard InChI is InChI=1S/C14H14N2O4/c1-18-9-4-5-12(19-2)10(6-9)14(17)11-7-13(20-3)16-8-15-11/h4-8H,1-3H3. The SMILES string of the molecule is COc1ccc(OC)c(C(=O)c2cc(OC)ncn2)c1. The van der Waals surface area contributed by atoms with Crippen molar-refractivity contribution in [2.45, 2.75) is 0 Å². The van der Waals surface area contributed by atoms with E-state index in [4.69, 9.17) is 14.2 Å². The molecule has 6 nitrogen and oxygen atoms in total. The number of hydrogen-bond donors (Lipinski definition) is 0. The molecular formula is C14H14N2O4. The van der Waals surface area contributed by atoms with Gasteiger partial charge in [0.25, 0.3) is 0 Å². The van der Waals surface area contributed by atoms with Crippen molar-refractivity contribution in [3.8, 4) is 17.4 Å². The van der Waals surface area contributed by atoms with Gasteiger partial charge in [-0.2, -0.15) is 0 Å². The maximum atomic E-state index is 12.5. The van der Waals surface area contributed by atoms with Crippen molar-refractivity contribution in [1.29, 1.82) is 0 Å². The lowest BCUT2D eigenvalue weighted by molar-refractivity contribution is 0.103. The van der Waals surface area contributed by atoms with Crippen LogP contribution in [0.3, 0.4) is 0 Å². The molecule has 104 valence electrons. The molecule has 1 heterocycles. The van der Waals surface area contributed by atoms with E-state index in [0.717, 1.165) is 0 Å². The maximum absolute atomic E-state index is 12.5. The molecule has 0 aliphatic heterocycles. The average Bonchev–Trinajstić information content (AvgIpc) is 2.53. The summed E-state index contributed by atoms with van der Waals surface area (Å²) >= 11 is 0. The van der Waals surface area contributed by atoms with Crippen LogP contribution in [0.4, 0.5) is 0 Å². The topological polar surface area (TPSA) is 70.5 Å².